The number of rotatable bonds is 11. The molecule has 0 unspecified atom stereocenters. The van der Waals surface area contributed by atoms with Crippen LogP contribution in [0.2, 0.25) is 0 Å². The lowest BCUT2D eigenvalue weighted by atomic mass is 10.0. The Hall–Kier alpha value is -3.90. The summed E-state index contributed by atoms with van der Waals surface area (Å²) in [4.78, 5) is 18.0. The molecule has 4 rings (SSSR count). The Bertz CT molecular complexity index is 1300. The number of amides is 1. The number of benzene rings is 3. The molecule has 0 aliphatic rings. The zero-order valence-corrected chi connectivity index (χ0v) is 21.4. The number of anilines is 1. The molecule has 0 saturated carbocycles. The second-order valence-electron chi connectivity index (χ2n) is 8.25. The van der Waals surface area contributed by atoms with Crippen molar-refractivity contribution >= 4 is 34.0 Å². The zero-order valence-electron chi connectivity index (χ0n) is 20.6. The lowest BCUT2D eigenvalue weighted by molar-refractivity contribution is -0.111. The zero-order chi connectivity index (χ0) is 25.2. The van der Waals surface area contributed by atoms with Gasteiger partial charge in [0.1, 0.15) is 0 Å². The second-order valence-corrected chi connectivity index (χ2v) is 9.11. The molecule has 0 radical (unpaired) electrons. The minimum atomic E-state index is -0.228. The van der Waals surface area contributed by atoms with Gasteiger partial charge >= 0.3 is 0 Å². The van der Waals surface area contributed by atoms with Crippen LogP contribution in [0.4, 0.5) is 5.13 Å². The van der Waals surface area contributed by atoms with Crippen LogP contribution in [0.15, 0.2) is 84.2 Å². The monoisotopic (exact) mass is 498 g/mol. The average molecular weight is 499 g/mol. The molecular weight excluding hydrogens is 468 g/mol. The van der Waals surface area contributed by atoms with E-state index in [1.807, 2.05) is 90.3 Å². The van der Waals surface area contributed by atoms with E-state index in [0.29, 0.717) is 28.8 Å². The predicted octanol–water partition coefficient (Wildman–Crippen LogP) is 7.57. The lowest BCUT2D eigenvalue weighted by Crippen LogP contribution is -2.13. The Morgan fingerprint density at radius 3 is 2.44 bits per heavy atom. The third kappa shape index (κ3) is 6.61. The number of nitrogens with zero attached hydrogens (tertiary/aromatic N) is 1. The molecule has 1 aromatic heterocycles. The maximum atomic E-state index is 13.4. The van der Waals surface area contributed by atoms with Crippen LogP contribution in [0.1, 0.15) is 37.3 Å². The SMILES string of the molecule is CCCCCOc1ccc(/C=C(/C(=O)Nc2nc(-c3ccccc3)cs2)c2ccccc2)cc1OC. The summed E-state index contributed by atoms with van der Waals surface area (Å²) in [7, 11) is 1.62. The molecule has 184 valence electrons. The smallest absolute Gasteiger partial charge is 0.258 e. The van der Waals surface area contributed by atoms with Crippen molar-refractivity contribution in [1.29, 1.82) is 0 Å². The maximum absolute atomic E-state index is 13.4. The molecule has 0 spiro atoms. The molecule has 1 amide bonds. The molecule has 0 atom stereocenters. The van der Waals surface area contributed by atoms with Crippen LogP contribution in [0, 0.1) is 0 Å². The summed E-state index contributed by atoms with van der Waals surface area (Å²) in [6.45, 7) is 2.81. The Morgan fingerprint density at radius 1 is 0.972 bits per heavy atom. The molecule has 1 heterocycles. The van der Waals surface area contributed by atoms with Gasteiger partial charge < -0.3 is 9.47 Å². The van der Waals surface area contributed by atoms with E-state index in [1.54, 1.807) is 7.11 Å². The van der Waals surface area contributed by atoms with E-state index >= 15 is 0 Å². The lowest BCUT2D eigenvalue weighted by Gasteiger charge is -2.12. The third-order valence-electron chi connectivity index (χ3n) is 5.63. The van der Waals surface area contributed by atoms with Crippen molar-refractivity contribution in [2.24, 2.45) is 0 Å². The summed E-state index contributed by atoms with van der Waals surface area (Å²) in [5.74, 6) is 1.11. The molecule has 6 heteroatoms. The molecule has 0 aliphatic heterocycles. The molecule has 1 N–H and O–H groups in total. The fraction of sp³-hybridized carbons (Fsp3) is 0.200. The Balaban J connectivity index is 1.58. The molecule has 0 bridgehead atoms. The predicted molar refractivity (Wildman–Crippen MR) is 149 cm³/mol. The fourth-order valence-electron chi connectivity index (χ4n) is 3.73. The number of aromatic nitrogens is 1. The van der Waals surface area contributed by atoms with Gasteiger partial charge in [-0.05, 0) is 35.8 Å². The Morgan fingerprint density at radius 2 is 1.72 bits per heavy atom. The molecular formula is C30H30N2O3S. The van der Waals surface area contributed by atoms with Crippen LogP contribution >= 0.6 is 11.3 Å². The number of methoxy groups -OCH3 is 1. The maximum Gasteiger partial charge on any atom is 0.258 e. The standard InChI is InChI=1S/C30H30N2O3S/c1-3-4-11-18-35-27-17-16-22(20-28(27)34-2)19-25(23-12-7-5-8-13-23)29(33)32-30-31-26(21-36-30)24-14-9-6-10-15-24/h5-10,12-17,19-21H,3-4,11,18H2,1-2H3,(H,31,32,33)/b25-19+. The third-order valence-corrected chi connectivity index (χ3v) is 6.39. The first-order chi connectivity index (χ1) is 17.7. The van der Waals surface area contributed by atoms with Crippen molar-refractivity contribution in [3.8, 4) is 22.8 Å². The van der Waals surface area contributed by atoms with Crippen molar-refractivity contribution in [2.45, 2.75) is 26.2 Å². The number of unbranched alkanes of at least 4 members (excludes halogenated alkanes) is 2. The number of carbonyl (C=O) groups is 1. The van der Waals surface area contributed by atoms with Crippen molar-refractivity contribution in [3.05, 3.63) is 95.4 Å². The second kappa shape index (κ2) is 12.7. The van der Waals surface area contributed by atoms with Gasteiger partial charge in [0.15, 0.2) is 16.6 Å². The number of carbonyl (C=O) groups excluding carboxylic acids is 1. The molecule has 0 aliphatic carbocycles. The highest BCUT2D eigenvalue weighted by Crippen LogP contribution is 2.31. The molecule has 36 heavy (non-hydrogen) atoms. The van der Waals surface area contributed by atoms with Gasteiger partial charge in [0.05, 0.1) is 19.4 Å². The minimum absolute atomic E-state index is 0.228. The molecule has 4 aromatic rings. The first kappa shape index (κ1) is 25.2. The van der Waals surface area contributed by atoms with Crippen LogP contribution in [0.25, 0.3) is 22.9 Å². The van der Waals surface area contributed by atoms with E-state index in [2.05, 4.69) is 17.2 Å². The van der Waals surface area contributed by atoms with E-state index in [1.165, 1.54) is 11.3 Å². The average Bonchev–Trinajstić information content (AvgIpc) is 3.39. The van der Waals surface area contributed by atoms with Crippen molar-refractivity contribution < 1.29 is 14.3 Å². The van der Waals surface area contributed by atoms with E-state index in [4.69, 9.17) is 9.47 Å². The van der Waals surface area contributed by atoms with Crippen LogP contribution < -0.4 is 14.8 Å². The molecule has 0 saturated heterocycles. The molecule has 3 aromatic carbocycles. The van der Waals surface area contributed by atoms with Crippen LogP contribution in [-0.4, -0.2) is 24.6 Å². The number of ether oxygens (including phenoxy) is 2. The minimum Gasteiger partial charge on any atom is -0.493 e. The summed E-state index contributed by atoms with van der Waals surface area (Å²) in [5, 5.41) is 5.47. The van der Waals surface area contributed by atoms with Crippen LogP contribution in [-0.2, 0) is 4.79 Å². The van der Waals surface area contributed by atoms with Gasteiger partial charge in [-0.1, -0.05) is 86.5 Å². The summed E-state index contributed by atoms with van der Waals surface area (Å²) in [6, 6.07) is 25.2. The van der Waals surface area contributed by atoms with Crippen molar-refractivity contribution in [3.63, 3.8) is 0 Å². The Kier molecular flexibility index (Phi) is 8.89. The van der Waals surface area contributed by atoms with Gasteiger partial charge in [-0.3, -0.25) is 10.1 Å². The highest BCUT2D eigenvalue weighted by atomic mass is 32.1. The largest absolute Gasteiger partial charge is 0.493 e. The summed E-state index contributed by atoms with van der Waals surface area (Å²) < 4.78 is 11.5. The quantitative estimate of drug-likeness (QED) is 0.132. The van der Waals surface area contributed by atoms with Crippen molar-refractivity contribution in [2.75, 3.05) is 19.0 Å². The van der Waals surface area contributed by atoms with Crippen LogP contribution in [0.5, 0.6) is 11.5 Å². The molecule has 5 nitrogen and oxygen atoms in total. The van der Waals surface area contributed by atoms with E-state index in [-0.39, 0.29) is 5.91 Å². The number of hydrogen-bond acceptors (Lipinski definition) is 5. The summed E-state index contributed by atoms with van der Waals surface area (Å²) in [5.41, 5.74) is 4.03. The van der Waals surface area contributed by atoms with Gasteiger partial charge in [0.2, 0.25) is 0 Å². The first-order valence-electron chi connectivity index (χ1n) is 12.1. The van der Waals surface area contributed by atoms with Gasteiger partial charge in [-0.2, -0.15) is 0 Å². The van der Waals surface area contributed by atoms with Gasteiger partial charge in [-0.15, -0.1) is 11.3 Å². The number of hydrogen-bond donors (Lipinski definition) is 1. The van der Waals surface area contributed by atoms with Gasteiger partial charge in [0.25, 0.3) is 5.91 Å². The fourth-order valence-corrected chi connectivity index (χ4v) is 4.44. The highest BCUT2D eigenvalue weighted by molar-refractivity contribution is 7.14. The van der Waals surface area contributed by atoms with E-state index < -0.39 is 0 Å². The van der Waals surface area contributed by atoms with Crippen molar-refractivity contribution in [1.82, 2.24) is 4.98 Å². The van der Waals surface area contributed by atoms with Crippen LogP contribution in [0.3, 0.4) is 0 Å². The highest BCUT2D eigenvalue weighted by Gasteiger charge is 2.15. The molecule has 0 fully saturated rings. The normalized spacial score (nSPS) is 11.2. The van der Waals surface area contributed by atoms with Gasteiger partial charge in [-0.25, -0.2) is 4.98 Å². The number of nitrogens with one attached hydrogen (secondary N) is 1. The number of thiazole rings is 1. The first-order valence-corrected chi connectivity index (χ1v) is 13.0. The Labute approximate surface area is 216 Å². The van der Waals surface area contributed by atoms with Gasteiger partial charge in [0, 0.05) is 16.5 Å². The summed E-state index contributed by atoms with van der Waals surface area (Å²) in [6.07, 6.45) is 5.13. The summed E-state index contributed by atoms with van der Waals surface area (Å²) >= 11 is 1.40. The topological polar surface area (TPSA) is 60.5 Å². The van der Waals surface area contributed by atoms with E-state index in [0.717, 1.165) is 41.6 Å². The van der Waals surface area contributed by atoms with E-state index in [9.17, 15) is 4.79 Å².